The van der Waals surface area contributed by atoms with E-state index in [-0.39, 0.29) is 11.4 Å². The Kier molecular flexibility index (Phi) is 2.63. The standard InChI is InChI=1S/C15H19FO2/c1-9(2)10-6-15(7-10)8-13(17)12-4-3-11(16)5-14(12)18-15/h3-5,9-10,13,17H,6-8H2,1-2H3. The Morgan fingerprint density at radius 2 is 2.06 bits per heavy atom. The zero-order chi connectivity index (χ0) is 12.9. The number of rotatable bonds is 1. The molecule has 1 aromatic rings. The highest BCUT2D eigenvalue weighted by atomic mass is 19.1. The second kappa shape index (κ2) is 3.95. The summed E-state index contributed by atoms with van der Waals surface area (Å²) in [6, 6.07) is 4.39. The number of ether oxygens (including phenoxy) is 1. The van der Waals surface area contributed by atoms with Gasteiger partial charge in [0.2, 0.25) is 0 Å². The van der Waals surface area contributed by atoms with E-state index in [1.165, 1.54) is 12.1 Å². The molecule has 1 N–H and O–H groups in total. The number of aliphatic hydroxyl groups is 1. The third kappa shape index (κ3) is 1.81. The van der Waals surface area contributed by atoms with Crippen LogP contribution in [0.25, 0.3) is 0 Å². The Bertz CT molecular complexity index is 464. The van der Waals surface area contributed by atoms with Gasteiger partial charge in [0.25, 0.3) is 0 Å². The maximum atomic E-state index is 13.2. The van der Waals surface area contributed by atoms with Crippen molar-refractivity contribution in [2.75, 3.05) is 0 Å². The SMILES string of the molecule is CC(C)C1CC2(CC(O)c3ccc(F)cc3O2)C1. The molecule has 0 bridgehead atoms. The fourth-order valence-corrected chi connectivity index (χ4v) is 3.23. The quantitative estimate of drug-likeness (QED) is 0.827. The Labute approximate surface area is 107 Å². The highest BCUT2D eigenvalue weighted by Crippen LogP contribution is 2.53. The highest BCUT2D eigenvalue weighted by molar-refractivity contribution is 5.39. The molecule has 2 aliphatic rings. The molecule has 1 atom stereocenters. The van der Waals surface area contributed by atoms with Crippen molar-refractivity contribution in [2.45, 2.75) is 44.8 Å². The number of benzene rings is 1. The highest BCUT2D eigenvalue weighted by Gasteiger charge is 2.51. The summed E-state index contributed by atoms with van der Waals surface area (Å²) in [6.45, 7) is 4.43. The van der Waals surface area contributed by atoms with Crippen LogP contribution < -0.4 is 4.74 Å². The van der Waals surface area contributed by atoms with Crippen LogP contribution in [0.2, 0.25) is 0 Å². The third-order valence-corrected chi connectivity index (χ3v) is 4.44. The van der Waals surface area contributed by atoms with E-state index in [0.29, 0.717) is 24.0 Å². The molecular weight excluding hydrogens is 231 g/mol. The molecule has 1 fully saturated rings. The van der Waals surface area contributed by atoms with Gasteiger partial charge in [-0.3, -0.25) is 0 Å². The Morgan fingerprint density at radius 1 is 1.33 bits per heavy atom. The van der Waals surface area contributed by atoms with Crippen molar-refractivity contribution in [2.24, 2.45) is 11.8 Å². The Balaban J connectivity index is 1.84. The first-order valence-corrected chi connectivity index (χ1v) is 6.66. The van der Waals surface area contributed by atoms with Gasteiger partial charge in [0, 0.05) is 18.1 Å². The van der Waals surface area contributed by atoms with Crippen LogP contribution in [-0.2, 0) is 0 Å². The summed E-state index contributed by atoms with van der Waals surface area (Å²) in [6.07, 6.45) is 2.05. The molecule has 3 heteroatoms. The van der Waals surface area contributed by atoms with Gasteiger partial charge in [0.05, 0.1) is 6.10 Å². The summed E-state index contributed by atoms with van der Waals surface area (Å²) < 4.78 is 19.2. The lowest BCUT2D eigenvalue weighted by Gasteiger charge is -2.52. The van der Waals surface area contributed by atoms with Gasteiger partial charge in [0.1, 0.15) is 17.2 Å². The first kappa shape index (κ1) is 12.0. The monoisotopic (exact) mass is 250 g/mol. The van der Waals surface area contributed by atoms with Crippen LogP contribution >= 0.6 is 0 Å². The molecule has 0 aromatic heterocycles. The zero-order valence-corrected chi connectivity index (χ0v) is 10.8. The maximum Gasteiger partial charge on any atom is 0.128 e. The van der Waals surface area contributed by atoms with Crippen LogP contribution in [0.5, 0.6) is 5.75 Å². The van der Waals surface area contributed by atoms with Gasteiger partial charge in [-0.15, -0.1) is 0 Å². The smallest absolute Gasteiger partial charge is 0.128 e. The van der Waals surface area contributed by atoms with E-state index in [1.54, 1.807) is 6.07 Å². The largest absolute Gasteiger partial charge is 0.487 e. The summed E-state index contributed by atoms with van der Waals surface area (Å²) in [5.74, 6) is 1.52. The Morgan fingerprint density at radius 3 is 2.72 bits per heavy atom. The second-order valence-electron chi connectivity index (χ2n) is 6.10. The molecule has 1 spiro atoms. The average molecular weight is 250 g/mol. The molecular formula is C15H19FO2. The molecule has 1 aliphatic heterocycles. The minimum atomic E-state index is -0.525. The molecule has 3 rings (SSSR count). The van der Waals surface area contributed by atoms with Gasteiger partial charge in [-0.25, -0.2) is 4.39 Å². The van der Waals surface area contributed by atoms with Crippen LogP contribution in [-0.4, -0.2) is 10.7 Å². The van der Waals surface area contributed by atoms with E-state index >= 15 is 0 Å². The second-order valence-corrected chi connectivity index (χ2v) is 6.10. The summed E-state index contributed by atoms with van der Waals surface area (Å²) in [5, 5.41) is 10.2. The van der Waals surface area contributed by atoms with Crippen LogP contribution in [0, 0.1) is 17.7 Å². The van der Waals surface area contributed by atoms with Crippen molar-refractivity contribution in [3.05, 3.63) is 29.6 Å². The summed E-state index contributed by atoms with van der Waals surface area (Å²) in [7, 11) is 0. The average Bonchev–Trinajstić information content (AvgIpc) is 2.24. The molecule has 1 unspecified atom stereocenters. The van der Waals surface area contributed by atoms with E-state index in [1.807, 2.05) is 0 Å². The van der Waals surface area contributed by atoms with E-state index < -0.39 is 6.10 Å². The number of fused-ring (bicyclic) bond motifs is 1. The molecule has 1 aliphatic carbocycles. The molecule has 0 radical (unpaired) electrons. The molecule has 0 saturated heterocycles. The van der Waals surface area contributed by atoms with Crippen LogP contribution in [0.15, 0.2) is 18.2 Å². The first-order valence-electron chi connectivity index (χ1n) is 6.66. The zero-order valence-electron chi connectivity index (χ0n) is 10.8. The molecule has 2 nitrogen and oxygen atoms in total. The van der Waals surface area contributed by atoms with E-state index in [4.69, 9.17) is 4.74 Å². The van der Waals surface area contributed by atoms with Gasteiger partial charge in [-0.05, 0) is 36.8 Å². The molecule has 0 amide bonds. The fourth-order valence-electron chi connectivity index (χ4n) is 3.23. The normalized spacial score (nSPS) is 34.1. The van der Waals surface area contributed by atoms with E-state index in [2.05, 4.69) is 13.8 Å². The number of hydrogen-bond donors (Lipinski definition) is 1. The number of hydrogen-bond acceptors (Lipinski definition) is 2. The predicted octanol–water partition coefficient (Wildman–Crippen LogP) is 3.45. The first-order chi connectivity index (χ1) is 8.49. The van der Waals surface area contributed by atoms with Crippen LogP contribution in [0.4, 0.5) is 4.39 Å². The molecule has 98 valence electrons. The van der Waals surface area contributed by atoms with E-state index in [9.17, 15) is 9.50 Å². The van der Waals surface area contributed by atoms with Crippen molar-refractivity contribution in [3.63, 3.8) is 0 Å². The lowest BCUT2D eigenvalue weighted by atomic mass is 9.63. The van der Waals surface area contributed by atoms with Gasteiger partial charge >= 0.3 is 0 Å². The van der Waals surface area contributed by atoms with E-state index in [0.717, 1.165) is 18.4 Å². The fraction of sp³-hybridized carbons (Fsp3) is 0.600. The summed E-state index contributed by atoms with van der Waals surface area (Å²) in [4.78, 5) is 0. The lowest BCUT2D eigenvalue weighted by Crippen LogP contribution is -2.53. The van der Waals surface area contributed by atoms with Crippen molar-refractivity contribution >= 4 is 0 Å². The van der Waals surface area contributed by atoms with Crippen molar-refractivity contribution in [3.8, 4) is 5.75 Å². The van der Waals surface area contributed by atoms with Gasteiger partial charge < -0.3 is 9.84 Å². The van der Waals surface area contributed by atoms with Crippen LogP contribution in [0.3, 0.4) is 0 Å². The molecule has 1 aromatic carbocycles. The van der Waals surface area contributed by atoms with Crippen molar-refractivity contribution in [1.82, 2.24) is 0 Å². The minimum Gasteiger partial charge on any atom is -0.487 e. The molecule has 1 heterocycles. The lowest BCUT2D eigenvalue weighted by molar-refractivity contribution is -0.108. The van der Waals surface area contributed by atoms with Crippen molar-refractivity contribution < 1.29 is 14.2 Å². The maximum absolute atomic E-state index is 13.2. The number of halogens is 1. The number of aliphatic hydroxyl groups excluding tert-OH is 1. The van der Waals surface area contributed by atoms with Gasteiger partial charge in [-0.1, -0.05) is 13.8 Å². The summed E-state index contributed by atoms with van der Waals surface area (Å²) in [5.41, 5.74) is 0.463. The van der Waals surface area contributed by atoms with Crippen LogP contribution in [0.1, 0.15) is 44.8 Å². The molecule has 1 saturated carbocycles. The Hall–Kier alpha value is -1.09. The van der Waals surface area contributed by atoms with Crippen molar-refractivity contribution in [1.29, 1.82) is 0 Å². The van der Waals surface area contributed by atoms with Gasteiger partial charge in [-0.2, -0.15) is 0 Å². The molecule has 18 heavy (non-hydrogen) atoms. The minimum absolute atomic E-state index is 0.255. The third-order valence-electron chi connectivity index (χ3n) is 4.44. The predicted molar refractivity (Wildman–Crippen MR) is 66.9 cm³/mol. The van der Waals surface area contributed by atoms with Gasteiger partial charge in [0.15, 0.2) is 0 Å². The topological polar surface area (TPSA) is 29.5 Å². The summed E-state index contributed by atoms with van der Waals surface area (Å²) >= 11 is 0.